The number of nitrogens with one attached hydrogen (secondary N) is 1. The van der Waals surface area contributed by atoms with Gasteiger partial charge in [0.2, 0.25) is 0 Å². The fraction of sp³-hybridized carbons (Fsp3) is 0.150. The van der Waals surface area contributed by atoms with Crippen LogP contribution in [-0.2, 0) is 11.3 Å². The Labute approximate surface area is 170 Å². The van der Waals surface area contributed by atoms with Crippen LogP contribution >= 0.6 is 0 Å². The van der Waals surface area contributed by atoms with Gasteiger partial charge in [0.1, 0.15) is 17.2 Å². The van der Waals surface area contributed by atoms with Gasteiger partial charge in [-0.05, 0) is 24.6 Å². The van der Waals surface area contributed by atoms with Crippen LogP contribution in [0.3, 0.4) is 0 Å². The number of carbonyl (C=O) groups excluding carboxylic acids is 1. The van der Waals surface area contributed by atoms with Crippen LogP contribution in [0.15, 0.2) is 54.7 Å². The molecule has 0 atom stereocenters. The molecule has 0 fully saturated rings. The second-order valence-corrected chi connectivity index (χ2v) is 6.38. The summed E-state index contributed by atoms with van der Waals surface area (Å²) in [6.45, 7) is 1.86. The molecule has 0 spiro atoms. The molecule has 0 aliphatic heterocycles. The van der Waals surface area contributed by atoms with Gasteiger partial charge in [-0.2, -0.15) is 5.10 Å². The first-order valence-electron chi connectivity index (χ1n) is 8.91. The zero-order valence-corrected chi connectivity index (χ0v) is 15.9. The fourth-order valence-electron chi connectivity index (χ4n) is 2.72. The second-order valence-electron chi connectivity index (χ2n) is 6.38. The number of carbonyl (C=O) groups is 2. The lowest BCUT2D eigenvalue weighted by molar-refractivity contribution is -0.384. The second kappa shape index (κ2) is 8.86. The molecule has 30 heavy (non-hydrogen) atoms. The van der Waals surface area contributed by atoms with Crippen molar-refractivity contribution in [2.24, 2.45) is 0 Å². The minimum absolute atomic E-state index is 0.0155. The maximum Gasteiger partial charge on any atom is 0.305 e. The molecular weight excluding hydrogens is 392 g/mol. The molecular formula is C20H18N4O6. The van der Waals surface area contributed by atoms with Crippen LogP contribution in [0.1, 0.15) is 22.5 Å². The Morgan fingerprint density at radius 3 is 2.70 bits per heavy atom. The summed E-state index contributed by atoms with van der Waals surface area (Å²) in [7, 11) is 0. The molecule has 2 aromatic carbocycles. The Balaban J connectivity index is 1.85. The average Bonchev–Trinajstić information content (AvgIpc) is 3.17. The number of aliphatic carboxylic acids is 1. The fourth-order valence-corrected chi connectivity index (χ4v) is 2.72. The highest BCUT2D eigenvalue weighted by molar-refractivity contribution is 6.03. The summed E-state index contributed by atoms with van der Waals surface area (Å²) in [5, 5.41) is 26.6. The smallest absolute Gasteiger partial charge is 0.305 e. The van der Waals surface area contributed by atoms with Crippen molar-refractivity contribution in [1.82, 2.24) is 9.78 Å². The number of para-hydroxylation sites is 1. The van der Waals surface area contributed by atoms with Gasteiger partial charge >= 0.3 is 5.97 Å². The highest BCUT2D eigenvalue weighted by Gasteiger charge is 2.17. The number of carboxylic acid groups (broad SMARTS) is 1. The van der Waals surface area contributed by atoms with E-state index in [2.05, 4.69) is 10.4 Å². The summed E-state index contributed by atoms with van der Waals surface area (Å²) < 4.78 is 7.02. The summed E-state index contributed by atoms with van der Waals surface area (Å²) in [4.78, 5) is 34.1. The number of amides is 1. The van der Waals surface area contributed by atoms with E-state index in [1.165, 1.54) is 35.1 Å². The summed E-state index contributed by atoms with van der Waals surface area (Å²) in [6, 6.07) is 12.6. The van der Waals surface area contributed by atoms with E-state index < -0.39 is 16.8 Å². The Bertz CT molecular complexity index is 1110. The molecule has 2 N–H and O–H groups in total. The Hall–Kier alpha value is -4.21. The molecule has 3 aromatic rings. The number of benzene rings is 2. The Kier molecular flexibility index (Phi) is 6.06. The number of aryl methyl sites for hydroxylation is 2. The van der Waals surface area contributed by atoms with Crippen molar-refractivity contribution < 1.29 is 24.4 Å². The maximum atomic E-state index is 12.6. The number of aromatic nitrogens is 2. The molecule has 0 aliphatic rings. The summed E-state index contributed by atoms with van der Waals surface area (Å²) in [5.41, 5.74) is 0.876. The molecule has 10 nitrogen and oxygen atoms in total. The van der Waals surface area contributed by atoms with Gasteiger partial charge in [0, 0.05) is 18.3 Å². The molecule has 1 heterocycles. The van der Waals surface area contributed by atoms with E-state index in [9.17, 15) is 19.7 Å². The third-order valence-electron chi connectivity index (χ3n) is 4.17. The van der Waals surface area contributed by atoms with Gasteiger partial charge in [-0.25, -0.2) is 0 Å². The van der Waals surface area contributed by atoms with Crippen molar-refractivity contribution in [2.45, 2.75) is 19.9 Å². The zero-order chi connectivity index (χ0) is 21.7. The van der Waals surface area contributed by atoms with Gasteiger partial charge in [0.15, 0.2) is 0 Å². The van der Waals surface area contributed by atoms with Gasteiger partial charge in [0.05, 0.1) is 29.6 Å². The van der Waals surface area contributed by atoms with Gasteiger partial charge in [-0.1, -0.05) is 18.2 Å². The van der Waals surface area contributed by atoms with Gasteiger partial charge in [-0.3, -0.25) is 24.4 Å². The molecule has 10 heteroatoms. The molecule has 154 valence electrons. The molecule has 0 unspecified atom stereocenters. The number of anilines is 1. The third-order valence-corrected chi connectivity index (χ3v) is 4.17. The number of hydrogen-bond donors (Lipinski definition) is 2. The van der Waals surface area contributed by atoms with Crippen molar-refractivity contribution >= 4 is 23.3 Å². The van der Waals surface area contributed by atoms with Gasteiger partial charge in [0.25, 0.3) is 11.6 Å². The van der Waals surface area contributed by atoms with Crippen LogP contribution in [-0.4, -0.2) is 31.7 Å². The van der Waals surface area contributed by atoms with E-state index in [4.69, 9.17) is 9.84 Å². The number of nitrogens with zero attached hydrogens (tertiary/aromatic N) is 3. The largest absolute Gasteiger partial charge is 0.481 e. The SMILES string of the molecule is Cc1ccccc1Oc1cc(NC(=O)c2ccnn2CCC(=O)O)cc([N+](=O)[O-])c1. The lowest BCUT2D eigenvalue weighted by atomic mass is 10.2. The number of non-ortho nitro benzene ring substituents is 1. The Morgan fingerprint density at radius 2 is 2.00 bits per heavy atom. The van der Waals surface area contributed by atoms with E-state index in [1.807, 2.05) is 19.1 Å². The monoisotopic (exact) mass is 410 g/mol. The first-order valence-corrected chi connectivity index (χ1v) is 8.91. The van der Waals surface area contributed by atoms with Gasteiger partial charge in [-0.15, -0.1) is 0 Å². The predicted octanol–water partition coefficient (Wildman–Crippen LogP) is 3.62. The number of rotatable bonds is 8. The van der Waals surface area contributed by atoms with Crippen LogP contribution in [0.4, 0.5) is 11.4 Å². The highest BCUT2D eigenvalue weighted by Crippen LogP contribution is 2.31. The molecule has 0 bridgehead atoms. The number of nitro benzene ring substituents is 1. The lowest BCUT2D eigenvalue weighted by Crippen LogP contribution is -2.19. The number of hydrogen-bond acceptors (Lipinski definition) is 6. The van der Waals surface area contributed by atoms with Crippen LogP contribution < -0.4 is 10.1 Å². The summed E-state index contributed by atoms with van der Waals surface area (Å²) >= 11 is 0. The average molecular weight is 410 g/mol. The van der Waals surface area contributed by atoms with E-state index >= 15 is 0 Å². The van der Waals surface area contributed by atoms with Crippen molar-refractivity contribution in [3.8, 4) is 11.5 Å². The maximum absolute atomic E-state index is 12.6. The first-order chi connectivity index (χ1) is 14.3. The quantitative estimate of drug-likeness (QED) is 0.427. The van der Waals surface area contributed by atoms with Crippen molar-refractivity contribution in [2.75, 3.05) is 5.32 Å². The minimum Gasteiger partial charge on any atom is -0.481 e. The van der Waals surface area contributed by atoms with Crippen LogP contribution in [0, 0.1) is 17.0 Å². The topological polar surface area (TPSA) is 137 Å². The lowest BCUT2D eigenvalue weighted by Gasteiger charge is -2.11. The molecule has 1 aromatic heterocycles. The Morgan fingerprint density at radius 1 is 1.23 bits per heavy atom. The standard InChI is InChI=1S/C20H18N4O6/c1-13-4-2-3-5-18(13)30-16-11-14(10-15(12-16)24(28)29)22-20(27)17-6-8-21-23(17)9-7-19(25)26/h2-6,8,10-12H,7,9H2,1H3,(H,22,27)(H,25,26). The number of nitro groups is 1. The summed E-state index contributed by atoms with van der Waals surface area (Å²) in [5.74, 6) is -0.885. The first kappa shape index (κ1) is 20.5. The normalized spacial score (nSPS) is 10.4. The van der Waals surface area contributed by atoms with Crippen LogP contribution in [0.5, 0.6) is 11.5 Å². The molecule has 0 aliphatic carbocycles. The van der Waals surface area contributed by atoms with E-state index in [0.717, 1.165) is 5.56 Å². The molecule has 3 rings (SSSR count). The molecule has 0 radical (unpaired) electrons. The van der Waals surface area contributed by atoms with E-state index in [-0.39, 0.29) is 35.8 Å². The van der Waals surface area contributed by atoms with Crippen LogP contribution in [0.2, 0.25) is 0 Å². The van der Waals surface area contributed by atoms with Crippen LogP contribution in [0.25, 0.3) is 0 Å². The highest BCUT2D eigenvalue weighted by atomic mass is 16.6. The third kappa shape index (κ3) is 4.98. The van der Waals surface area contributed by atoms with E-state index in [1.54, 1.807) is 12.1 Å². The van der Waals surface area contributed by atoms with E-state index in [0.29, 0.717) is 5.75 Å². The van der Waals surface area contributed by atoms with Gasteiger partial charge < -0.3 is 15.2 Å². The van der Waals surface area contributed by atoms with Crippen molar-refractivity contribution in [3.05, 3.63) is 76.1 Å². The molecule has 0 saturated carbocycles. The number of ether oxygens (including phenoxy) is 1. The zero-order valence-electron chi connectivity index (χ0n) is 15.9. The summed E-state index contributed by atoms with van der Waals surface area (Å²) in [6.07, 6.45) is 1.17. The minimum atomic E-state index is -1.02. The molecule has 0 saturated heterocycles. The number of carboxylic acids is 1. The van der Waals surface area contributed by atoms with Crippen molar-refractivity contribution in [3.63, 3.8) is 0 Å². The molecule has 1 amide bonds. The predicted molar refractivity (Wildman–Crippen MR) is 107 cm³/mol. The van der Waals surface area contributed by atoms with Crippen molar-refractivity contribution in [1.29, 1.82) is 0 Å².